The molecule has 1 aromatic heterocycles. The van der Waals surface area contributed by atoms with Gasteiger partial charge >= 0.3 is 6.18 Å². The summed E-state index contributed by atoms with van der Waals surface area (Å²) >= 11 is 0. The summed E-state index contributed by atoms with van der Waals surface area (Å²) in [5.74, 6) is 2.01. The molecule has 178 valence electrons. The van der Waals surface area contributed by atoms with E-state index in [4.69, 9.17) is 9.73 Å². The molecule has 7 nitrogen and oxygen atoms in total. The van der Waals surface area contributed by atoms with Crippen LogP contribution < -0.4 is 5.32 Å². The van der Waals surface area contributed by atoms with Gasteiger partial charge in [0, 0.05) is 52.2 Å². The lowest BCUT2D eigenvalue weighted by molar-refractivity contribution is -0.137. The number of nitrogens with zero attached hydrogens (tertiary/aromatic N) is 5. The first kappa shape index (κ1) is 26.4. The van der Waals surface area contributed by atoms with Crippen LogP contribution in [0.2, 0.25) is 0 Å². The second-order valence-electron chi connectivity index (χ2n) is 7.67. The maximum absolute atomic E-state index is 12.8. The van der Waals surface area contributed by atoms with E-state index < -0.39 is 11.7 Å². The fraction of sp³-hybridized carbons (Fsp3) is 0.571. The Kier molecular flexibility index (Phi) is 10.2. The van der Waals surface area contributed by atoms with E-state index in [1.165, 1.54) is 12.1 Å². The predicted octanol–water partition coefficient (Wildman–Crippen LogP) is 3.59. The van der Waals surface area contributed by atoms with Crippen LogP contribution in [0.4, 0.5) is 13.2 Å². The molecule has 11 heteroatoms. The Labute approximate surface area is 203 Å². The highest BCUT2D eigenvalue weighted by molar-refractivity contribution is 14.0. The lowest BCUT2D eigenvalue weighted by Gasteiger charge is -2.23. The van der Waals surface area contributed by atoms with Gasteiger partial charge in [0.15, 0.2) is 5.96 Å². The predicted molar refractivity (Wildman–Crippen MR) is 127 cm³/mol. The maximum Gasteiger partial charge on any atom is 0.416 e. The summed E-state index contributed by atoms with van der Waals surface area (Å²) < 4.78 is 45.8. The third kappa shape index (κ3) is 7.61. The zero-order valence-corrected chi connectivity index (χ0v) is 20.6. The summed E-state index contributed by atoms with van der Waals surface area (Å²) in [4.78, 5) is 6.67. The number of aromatic nitrogens is 3. The molecule has 1 aliphatic rings. The van der Waals surface area contributed by atoms with Gasteiger partial charge in [0.2, 0.25) is 0 Å². The van der Waals surface area contributed by atoms with Gasteiger partial charge in [-0.15, -0.1) is 34.2 Å². The Morgan fingerprint density at radius 1 is 1.31 bits per heavy atom. The van der Waals surface area contributed by atoms with Crippen molar-refractivity contribution in [1.29, 1.82) is 0 Å². The number of hydrogen-bond acceptors (Lipinski definition) is 4. The molecule has 1 N–H and O–H groups in total. The fourth-order valence-corrected chi connectivity index (χ4v) is 3.43. The second kappa shape index (κ2) is 12.4. The van der Waals surface area contributed by atoms with E-state index in [9.17, 15) is 13.2 Å². The number of halogens is 4. The molecule has 0 bridgehead atoms. The quantitative estimate of drug-likeness (QED) is 0.301. The summed E-state index contributed by atoms with van der Waals surface area (Å²) in [5, 5.41) is 11.4. The average Bonchev–Trinajstić information content (AvgIpc) is 3.41. The molecule has 2 heterocycles. The average molecular weight is 566 g/mol. The molecule has 3 rings (SSSR count). The molecule has 0 radical (unpaired) electrons. The second-order valence-corrected chi connectivity index (χ2v) is 7.67. The number of ether oxygens (including phenoxy) is 1. The van der Waals surface area contributed by atoms with Gasteiger partial charge in [0.05, 0.1) is 12.2 Å². The Bertz CT molecular complexity index is 850. The zero-order valence-electron chi connectivity index (χ0n) is 18.3. The summed E-state index contributed by atoms with van der Waals surface area (Å²) in [6.07, 6.45) is -0.836. The first-order valence-corrected chi connectivity index (χ1v) is 10.5. The number of aryl methyl sites for hydroxylation is 1. The minimum absolute atomic E-state index is 0. The molecule has 0 aliphatic carbocycles. The van der Waals surface area contributed by atoms with Gasteiger partial charge in [-0.1, -0.05) is 19.1 Å². The van der Waals surface area contributed by atoms with E-state index in [0.29, 0.717) is 44.7 Å². The van der Waals surface area contributed by atoms with Crippen molar-refractivity contribution in [3.05, 3.63) is 47.5 Å². The van der Waals surface area contributed by atoms with Gasteiger partial charge < -0.3 is 19.5 Å². The Balaban J connectivity index is 0.00000363. The number of hydrogen-bond donors (Lipinski definition) is 1. The van der Waals surface area contributed by atoms with Crippen molar-refractivity contribution in [1.82, 2.24) is 25.0 Å². The van der Waals surface area contributed by atoms with E-state index in [1.54, 1.807) is 6.33 Å². The highest BCUT2D eigenvalue weighted by atomic mass is 127. The monoisotopic (exact) mass is 566 g/mol. The Morgan fingerprint density at radius 2 is 2.06 bits per heavy atom. The van der Waals surface area contributed by atoms with Crippen LogP contribution in [0.3, 0.4) is 0 Å². The molecule has 2 aromatic rings. The van der Waals surface area contributed by atoms with Crippen LogP contribution in [-0.2, 0) is 30.4 Å². The van der Waals surface area contributed by atoms with Gasteiger partial charge in [-0.2, -0.15) is 13.2 Å². The summed E-state index contributed by atoms with van der Waals surface area (Å²) in [6.45, 7) is 5.91. The first-order chi connectivity index (χ1) is 14.9. The van der Waals surface area contributed by atoms with E-state index >= 15 is 0 Å². The molecular weight excluding hydrogens is 536 g/mol. The van der Waals surface area contributed by atoms with Crippen molar-refractivity contribution in [2.24, 2.45) is 10.9 Å². The number of aliphatic imine (C=N–C) groups is 1. The van der Waals surface area contributed by atoms with Crippen LogP contribution in [0, 0.1) is 5.92 Å². The number of benzene rings is 1. The molecular formula is C21H30F3IN6O. The number of nitrogens with one attached hydrogen (secondary N) is 1. The molecule has 0 spiro atoms. The topological polar surface area (TPSA) is 67.6 Å². The smallest absolute Gasteiger partial charge is 0.381 e. The van der Waals surface area contributed by atoms with Crippen molar-refractivity contribution in [3.8, 4) is 0 Å². The van der Waals surface area contributed by atoms with Crippen LogP contribution in [0.15, 0.2) is 35.6 Å². The highest BCUT2D eigenvalue weighted by Crippen LogP contribution is 2.29. The maximum atomic E-state index is 12.8. The normalized spacial score (nSPS) is 16.7. The molecule has 1 aromatic carbocycles. The number of alkyl halides is 3. The molecule has 1 aliphatic heterocycles. The standard InChI is InChI=1S/C21H29F3N6O.HI/c1-3-19-28-27-15-30(19)10-9-25-20(26-12-17-8-11-31-14-17)29(2)13-16-4-6-18(7-5-16)21(22,23)24;/h4-7,15,17H,3,8-14H2,1-2H3,(H,25,26);1H. The van der Waals surface area contributed by atoms with E-state index in [-0.39, 0.29) is 24.0 Å². The SMILES string of the molecule is CCc1nncn1CCNC(=NCC1CCOC1)N(C)Cc1ccc(C(F)(F)F)cc1.I. The molecule has 0 amide bonds. The van der Waals surface area contributed by atoms with Crippen LogP contribution in [0.25, 0.3) is 0 Å². The lowest BCUT2D eigenvalue weighted by Crippen LogP contribution is -2.40. The first-order valence-electron chi connectivity index (χ1n) is 10.5. The largest absolute Gasteiger partial charge is 0.416 e. The van der Waals surface area contributed by atoms with Gasteiger partial charge in [-0.3, -0.25) is 4.99 Å². The zero-order chi connectivity index (χ0) is 22.3. The Hall–Kier alpha value is -1.89. The van der Waals surface area contributed by atoms with Crippen LogP contribution in [-0.4, -0.2) is 59.0 Å². The molecule has 1 unspecified atom stereocenters. The third-order valence-corrected chi connectivity index (χ3v) is 5.23. The molecule has 1 fully saturated rings. The van der Waals surface area contributed by atoms with E-state index in [2.05, 4.69) is 15.5 Å². The summed E-state index contributed by atoms with van der Waals surface area (Å²) in [6, 6.07) is 5.24. The van der Waals surface area contributed by atoms with Crippen molar-refractivity contribution >= 4 is 29.9 Å². The lowest BCUT2D eigenvalue weighted by atomic mass is 10.1. The third-order valence-electron chi connectivity index (χ3n) is 5.23. The minimum Gasteiger partial charge on any atom is -0.381 e. The van der Waals surface area contributed by atoms with Crippen LogP contribution in [0.5, 0.6) is 0 Å². The Morgan fingerprint density at radius 3 is 2.69 bits per heavy atom. The molecule has 1 atom stereocenters. The number of guanidine groups is 1. The van der Waals surface area contributed by atoms with Gasteiger partial charge in [0.25, 0.3) is 0 Å². The van der Waals surface area contributed by atoms with Crippen molar-refractivity contribution in [2.45, 2.75) is 39.0 Å². The minimum atomic E-state index is -4.33. The van der Waals surface area contributed by atoms with E-state index in [0.717, 1.165) is 43.0 Å². The van der Waals surface area contributed by atoms with Crippen molar-refractivity contribution in [3.63, 3.8) is 0 Å². The summed E-state index contributed by atoms with van der Waals surface area (Å²) in [5.41, 5.74) is 0.133. The van der Waals surface area contributed by atoms with Gasteiger partial charge in [-0.25, -0.2) is 0 Å². The molecule has 1 saturated heterocycles. The fourth-order valence-electron chi connectivity index (χ4n) is 3.43. The highest BCUT2D eigenvalue weighted by Gasteiger charge is 2.30. The number of rotatable bonds is 8. The van der Waals surface area contributed by atoms with Gasteiger partial charge in [-0.05, 0) is 24.1 Å². The van der Waals surface area contributed by atoms with Crippen LogP contribution in [0.1, 0.15) is 30.3 Å². The molecule has 0 saturated carbocycles. The van der Waals surface area contributed by atoms with Crippen molar-refractivity contribution < 1.29 is 17.9 Å². The summed E-state index contributed by atoms with van der Waals surface area (Å²) in [7, 11) is 1.88. The molecule has 32 heavy (non-hydrogen) atoms. The van der Waals surface area contributed by atoms with Crippen LogP contribution >= 0.6 is 24.0 Å². The van der Waals surface area contributed by atoms with E-state index in [1.807, 2.05) is 23.4 Å². The van der Waals surface area contributed by atoms with Gasteiger partial charge in [0.1, 0.15) is 12.2 Å². The van der Waals surface area contributed by atoms with Crippen molar-refractivity contribution in [2.75, 3.05) is 33.4 Å².